The zero-order valence-electron chi connectivity index (χ0n) is 8.72. The van der Waals surface area contributed by atoms with E-state index < -0.39 is 16.2 Å². The smallest absolute Gasteiger partial charge is 0.344 e. The van der Waals surface area contributed by atoms with Gasteiger partial charge in [-0.3, -0.25) is 4.31 Å². The second-order valence-corrected chi connectivity index (χ2v) is 4.44. The van der Waals surface area contributed by atoms with Crippen LogP contribution in [0.2, 0.25) is 0 Å². The van der Waals surface area contributed by atoms with Crippen molar-refractivity contribution in [3.8, 4) is 0 Å². The molecule has 0 spiro atoms. The fourth-order valence-electron chi connectivity index (χ4n) is 1.14. The highest BCUT2D eigenvalue weighted by atomic mass is 32.2. The van der Waals surface area contributed by atoms with Crippen LogP contribution in [0.4, 0.5) is 0 Å². The normalized spacial score (nSPS) is 19.3. The van der Waals surface area contributed by atoms with Gasteiger partial charge in [-0.2, -0.15) is 8.42 Å². The Morgan fingerprint density at radius 3 is 2.67 bits per heavy atom. The minimum absolute atomic E-state index is 0.145. The highest BCUT2D eigenvalue weighted by molar-refractivity contribution is 7.88. The number of carbonyl (C=O) groups excluding carboxylic acids is 1. The number of carbonyl (C=O) groups is 1. The molecule has 0 aromatic rings. The molecule has 1 heterocycles. The van der Waals surface area contributed by atoms with Crippen molar-refractivity contribution in [1.82, 2.24) is 4.31 Å². The lowest BCUT2D eigenvalue weighted by Crippen LogP contribution is -2.31. The van der Waals surface area contributed by atoms with Crippen LogP contribution in [0.3, 0.4) is 0 Å². The van der Waals surface area contributed by atoms with Crippen molar-refractivity contribution in [1.29, 1.82) is 0 Å². The molecule has 84 valence electrons. The zero-order valence-corrected chi connectivity index (χ0v) is 9.54. The van der Waals surface area contributed by atoms with Crippen molar-refractivity contribution < 1.29 is 17.9 Å². The van der Waals surface area contributed by atoms with E-state index in [2.05, 4.69) is 9.13 Å². The summed E-state index contributed by atoms with van der Waals surface area (Å²) >= 11 is 0. The lowest BCUT2D eigenvalue weighted by molar-refractivity contribution is -0.135. The first-order chi connectivity index (χ1) is 6.92. The van der Waals surface area contributed by atoms with Gasteiger partial charge in [-0.25, -0.2) is 4.79 Å². The Bertz CT molecular complexity index is 436. The number of hydrogen-bond donors (Lipinski definition) is 0. The van der Waals surface area contributed by atoms with Crippen LogP contribution in [0.5, 0.6) is 0 Å². The molecular formula is C8H12N2O4S. The van der Waals surface area contributed by atoms with E-state index in [9.17, 15) is 13.2 Å². The summed E-state index contributed by atoms with van der Waals surface area (Å²) in [4.78, 5) is 11.3. The fraction of sp³-hybridized carbons (Fsp3) is 0.500. The average molecular weight is 232 g/mol. The van der Waals surface area contributed by atoms with Gasteiger partial charge in [0.25, 0.3) is 0 Å². The number of rotatable bonds is 2. The van der Waals surface area contributed by atoms with Crippen LogP contribution in [0.25, 0.3) is 0 Å². The van der Waals surface area contributed by atoms with Gasteiger partial charge < -0.3 is 4.74 Å². The van der Waals surface area contributed by atoms with Gasteiger partial charge in [0.2, 0.25) is 0 Å². The third kappa shape index (κ3) is 2.17. The van der Waals surface area contributed by atoms with Gasteiger partial charge in [-0.1, -0.05) is 0 Å². The van der Waals surface area contributed by atoms with E-state index in [0.29, 0.717) is 0 Å². The maximum absolute atomic E-state index is 11.4. The summed E-state index contributed by atoms with van der Waals surface area (Å²) in [5.41, 5.74) is 0.306. The van der Waals surface area contributed by atoms with Crippen LogP contribution in [0.15, 0.2) is 16.2 Å². The summed E-state index contributed by atoms with van der Waals surface area (Å²) in [6.07, 6.45) is 1.24. The number of nitrogens with zero attached hydrogens (tertiary/aromatic N) is 2. The predicted octanol–water partition coefficient (Wildman–Crippen LogP) is 0.0845. The SMILES string of the molecule is CCN1C=C(C(=O)OC)C(C)=NS1(=O)=O. The topological polar surface area (TPSA) is 76.0 Å². The summed E-state index contributed by atoms with van der Waals surface area (Å²) in [7, 11) is -2.43. The van der Waals surface area contributed by atoms with Gasteiger partial charge in [-0.15, -0.1) is 4.40 Å². The summed E-state index contributed by atoms with van der Waals surface area (Å²) in [5.74, 6) is -0.593. The molecule has 0 unspecified atom stereocenters. The third-order valence-electron chi connectivity index (χ3n) is 1.93. The molecule has 0 radical (unpaired) electrons. The molecule has 0 amide bonds. The molecule has 0 atom stereocenters. The van der Waals surface area contributed by atoms with Crippen molar-refractivity contribution >= 4 is 21.9 Å². The summed E-state index contributed by atoms with van der Waals surface area (Å²) < 4.78 is 31.8. The van der Waals surface area contributed by atoms with Crippen LogP contribution in [-0.2, 0) is 19.7 Å². The van der Waals surface area contributed by atoms with Crippen molar-refractivity contribution in [2.75, 3.05) is 13.7 Å². The molecule has 6 nitrogen and oxygen atoms in total. The summed E-state index contributed by atoms with van der Waals surface area (Å²) in [6, 6.07) is 0. The Morgan fingerprint density at radius 1 is 1.60 bits per heavy atom. The van der Waals surface area contributed by atoms with E-state index in [1.54, 1.807) is 6.92 Å². The van der Waals surface area contributed by atoms with Crippen molar-refractivity contribution in [3.05, 3.63) is 11.8 Å². The van der Waals surface area contributed by atoms with Crippen LogP contribution >= 0.6 is 0 Å². The van der Waals surface area contributed by atoms with Crippen molar-refractivity contribution in [3.63, 3.8) is 0 Å². The Morgan fingerprint density at radius 2 is 2.20 bits per heavy atom. The number of hydrogen-bond acceptors (Lipinski definition) is 4. The van der Waals surface area contributed by atoms with Crippen molar-refractivity contribution in [2.45, 2.75) is 13.8 Å². The molecule has 0 aliphatic carbocycles. The monoisotopic (exact) mass is 232 g/mol. The molecular weight excluding hydrogens is 220 g/mol. The molecule has 0 aromatic carbocycles. The number of ether oxygens (including phenoxy) is 1. The molecule has 0 aromatic heterocycles. The number of esters is 1. The Hall–Kier alpha value is -1.37. The largest absolute Gasteiger partial charge is 0.465 e. The van der Waals surface area contributed by atoms with E-state index in [-0.39, 0.29) is 17.8 Å². The Balaban J connectivity index is 3.18. The molecule has 1 rings (SSSR count). The molecule has 0 saturated carbocycles. The third-order valence-corrected chi connectivity index (χ3v) is 3.39. The lowest BCUT2D eigenvalue weighted by Gasteiger charge is -2.21. The van der Waals surface area contributed by atoms with E-state index in [0.717, 1.165) is 4.31 Å². The van der Waals surface area contributed by atoms with E-state index in [1.807, 2.05) is 0 Å². The first-order valence-corrected chi connectivity index (χ1v) is 5.71. The Kier molecular flexibility index (Phi) is 3.13. The minimum atomic E-state index is -3.66. The highest BCUT2D eigenvalue weighted by Crippen LogP contribution is 2.16. The minimum Gasteiger partial charge on any atom is -0.465 e. The Labute approximate surface area is 88.4 Å². The fourth-order valence-corrected chi connectivity index (χ4v) is 2.26. The van der Waals surface area contributed by atoms with Gasteiger partial charge in [-0.05, 0) is 13.8 Å². The summed E-state index contributed by atoms with van der Waals surface area (Å²) in [6.45, 7) is 3.33. The molecule has 0 fully saturated rings. The van der Waals surface area contributed by atoms with Gasteiger partial charge in [0.1, 0.15) is 0 Å². The van der Waals surface area contributed by atoms with Gasteiger partial charge >= 0.3 is 16.2 Å². The van der Waals surface area contributed by atoms with Crippen molar-refractivity contribution in [2.24, 2.45) is 4.40 Å². The van der Waals surface area contributed by atoms with E-state index >= 15 is 0 Å². The standard InChI is InChI=1S/C8H12N2O4S/c1-4-10-5-7(8(11)14-3)6(2)9-15(10,12)13/h5H,4H2,1-3H3. The van der Waals surface area contributed by atoms with Crippen LogP contribution < -0.4 is 0 Å². The van der Waals surface area contributed by atoms with E-state index in [4.69, 9.17) is 0 Å². The van der Waals surface area contributed by atoms with Gasteiger partial charge in [0.05, 0.1) is 18.4 Å². The highest BCUT2D eigenvalue weighted by Gasteiger charge is 2.27. The maximum atomic E-state index is 11.4. The molecule has 1 aliphatic rings. The second kappa shape index (κ2) is 4.01. The predicted molar refractivity (Wildman–Crippen MR) is 54.5 cm³/mol. The lowest BCUT2D eigenvalue weighted by atomic mass is 10.2. The molecule has 0 saturated heterocycles. The zero-order chi connectivity index (χ0) is 11.6. The van der Waals surface area contributed by atoms with Crippen LogP contribution in [-0.4, -0.2) is 38.1 Å². The quantitative estimate of drug-likeness (QED) is 0.632. The molecule has 7 heteroatoms. The second-order valence-electron chi connectivity index (χ2n) is 2.89. The number of methoxy groups -OCH3 is 1. The van der Waals surface area contributed by atoms with Gasteiger partial charge in [0, 0.05) is 12.7 Å². The van der Waals surface area contributed by atoms with E-state index in [1.165, 1.54) is 20.2 Å². The molecule has 0 bridgehead atoms. The maximum Gasteiger partial charge on any atom is 0.344 e. The molecule has 15 heavy (non-hydrogen) atoms. The first-order valence-electron chi connectivity index (χ1n) is 4.31. The van der Waals surface area contributed by atoms with Gasteiger partial charge in [0.15, 0.2) is 0 Å². The molecule has 0 N–H and O–H groups in total. The first kappa shape index (κ1) is 11.7. The van der Waals surface area contributed by atoms with Crippen LogP contribution in [0, 0.1) is 0 Å². The average Bonchev–Trinajstić information content (AvgIpc) is 2.15. The summed E-state index contributed by atoms with van der Waals surface area (Å²) in [5, 5.41) is 0. The molecule has 1 aliphatic heterocycles. The van der Waals surface area contributed by atoms with Crippen LogP contribution in [0.1, 0.15) is 13.8 Å².